The van der Waals surface area contributed by atoms with E-state index in [4.69, 9.17) is 10.5 Å². The minimum Gasteiger partial charge on any atom is -0.368 e. The molecule has 0 radical (unpaired) electrons. The molecular formula is C7H7N3. The maximum Gasteiger partial charge on any atom is 0.122 e. The van der Waals surface area contributed by atoms with Crippen LogP contribution in [0.3, 0.4) is 0 Å². The molecule has 0 aliphatic rings. The number of nitrogens with one attached hydrogen (secondary N) is 1. The van der Waals surface area contributed by atoms with Crippen LogP contribution in [0.2, 0.25) is 0 Å². The topological polar surface area (TPSA) is 63.4 Å². The molecule has 10 heavy (non-hydrogen) atoms. The summed E-state index contributed by atoms with van der Waals surface area (Å²) in [5.74, 6) is 0. The molecule has 0 unspecified atom stereocenters. The van der Waals surface area contributed by atoms with Crippen molar-refractivity contribution in [2.75, 3.05) is 0 Å². The van der Waals surface area contributed by atoms with E-state index < -0.39 is 0 Å². The summed E-state index contributed by atoms with van der Waals surface area (Å²) in [6, 6.07) is 7.20. The summed E-state index contributed by atoms with van der Waals surface area (Å²) >= 11 is 0. The number of rotatable bonds is 0. The van der Waals surface area contributed by atoms with Crippen LogP contribution >= 0.6 is 0 Å². The van der Waals surface area contributed by atoms with Gasteiger partial charge in [-0.2, -0.15) is 10.5 Å². The Morgan fingerprint density at radius 3 is 1.70 bits per heavy atom. The largest absolute Gasteiger partial charge is 0.368 e. The lowest BCUT2D eigenvalue weighted by Gasteiger charge is -1.49. The Labute approximate surface area is 59.5 Å². The first-order chi connectivity index (χ1) is 4.91. The number of aromatic nitrogens is 1. The highest BCUT2D eigenvalue weighted by atomic mass is 14.6. The Morgan fingerprint density at radius 1 is 1.10 bits per heavy atom. The van der Waals surface area contributed by atoms with Crippen molar-refractivity contribution in [3.8, 4) is 12.1 Å². The van der Waals surface area contributed by atoms with Gasteiger partial charge < -0.3 is 4.98 Å². The van der Waals surface area contributed by atoms with E-state index >= 15 is 0 Å². The van der Waals surface area contributed by atoms with Crippen LogP contribution < -0.4 is 0 Å². The van der Waals surface area contributed by atoms with Crippen molar-refractivity contribution < 1.29 is 0 Å². The van der Waals surface area contributed by atoms with E-state index in [0.29, 0.717) is 0 Å². The maximum absolute atomic E-state index is 7.59. The van der Waals surface area contributed by atoms with E-state index in [1.807, 2.05) is 24.5 Å². The van der Waals surface area contributed by atoms with Crippen LogP contribution in [0.25, 0.3) is 0 Å². The second-order valence-electron chi connectivity index (χ2n) is 1.38. The molecule has 0 saturated heterocycles. The molecule has 0 bridgehead atoms. The van der Waals surface area contributed by atoms with Crippen molar-refractivity contribution in [3.63, 3.8) is 0 Å². The van der Waals surface area contributed by atoms with Crippen LogP contribution in [0.15, 0.2) is 24.5 Å². The standard InChI is InChI=1S/C4H5N.C3H2N2/c1-2-4-5-3-1;4-2-1-3-5/h1-5H;1H2. The molecule has 3 heteroatoms. The van der Waals surface area contributed by atoms with Gasteiger partial charge in [-0.05, 0) is 12.1 Å². The average molecular weight is 133 g/mol. The minimum atomic E-state index is 0. The Morgan fingerprint density at radius 2 is 1.60 bits per heavy atom. The van der Waals surface area contributed by atoms with E-state index in [0.717, 1.165) is 0 Å². The molecule has 3 nitrogen and oxygen atoms in total. The van der Waals surface area contributed by atoms with Gasteiger partial charge in [0.1, 0.15) is 6.42 Å². The van der Waals surface area contributed by atoms with Gasteiger partial charge in [-0.25, -0.2) is 0 Å². The van der Waals surface area contributed by atoms with Gasteiger partial charge in [0.25, 0.3) is 0 Å². The van der Waals surface area contributed by atoms with Gasteiger partial charge in [0.15, 0.2) is 0 Å². The molecule has 0 aliphatic heterocycles. The molecule has 0 aliphatic carbocycles. The zero-order chi connectivity index (χ0) is 7.66. The summed E-state index contributed by atoms with van der Waals surface area (Å²) in [7, 11) is 0. The van der Waals surface area contributed by atoms with Crippen LogP contribution in [0, 0.1) is 22.7 Å². The first-order valence-electron chi connectivity index (χ1n) is 2.73. The fourth-order valence-electron chi connectivity index (χ4n) is 0.313. The van der Waals surface area contributed by atoms with E-state index in [1.165, 1.54) is 0 Å². The van der Waals surface area contributed by atoms with Gasteiger partial charge in [-0.3, -0.25) is 0 Å². The molecule has 0 fully saturated rings. The smallest absolute Gasteiger partial charge is 0.122 e. The Balaban J connectivity index is 0.000000162. The van der Waals surface area contributed by atoms with Crippen molar-refractivity contribution in [3.05, 3.63) is 24.5 Å². The van der Waals surface area contributed by atoms with Gasteiger partial charge >= 0.3 is 0 Å². The lowest BCUT2D eigenvalue weighted by molar-refractivity contribution is 1.33. The first-order valence-corrected chi connectivity index (χ1v) is 2.73. The summed E-state index contributed by atoms with van der Waals surface area (Å²) < 4.78 is 0. The quantitative estimate of drug-likeness (QED) is 0.582. The molecule has 1 N–H and O–H groups in total. The third-order valence-electron chi connectivity index (χ3n) is 0.654. The Hall–Kier alpha value is -1.74. The lowest BCUT2D eigenvalue weighted by Crippen LogP contribution is -1.47. The SMILES string of the molecule is N#CCC#N.c1cc[nH]c1. The number of nitriles is 2. The molecule has 1 aromatic heterocycles. The van der Waals surface area contributed by atoms with E-state index in [9.17, 15) is 0 Å². The van der Waals surface area contributed by atoms with E-state index in [1.54, 1.807) is 12.1 Å². The van der Waals surface area contributed by atoms with Crippen LogP contribution in [0.1, 0.15) is 6.42 Å². The fourth-order valence-corrected chi connectivity index (χ4v) is 0.313. The van der Waals surface area contributed by atoms with Gasteiger partial charge in [-0.15, -0.1) is 0 Å². The molecule has 1 rings (SSSR count). The minimum absolute atomic E-state index is 0. The van der Waals surface area contributed by atoms with Crippen LogP contribution in [0.5, 0.6) is 0 Å². The second kappa shape index (κ2) is 7.26. The molecule has 0 atom stereocenters. The number of aromatic amines is 1. The summed E-state index contributed by atoms with van der Waals surface area (Å²) in [6.45, 7) is 0. The van der Waals surface area contributed by atoms with Gasteiger partial charge in [0.05, 0.1) is 12.1 Å². The van der Waals surface area contributed by atoms with Crippen molar-refractivity contribution in [1.29, 1.82) is 10.5 Å². The van der Waals surface area contributed by atoms with Gasteiger partial charge in [0, 0.05) is 12.4 Å². The van der Waals surface area contributed by atoms with Crippen molar-refractivity contribution in [2.24, 2.45) is 0 Å². The molecule has 50 valence electrons. The number of hydrogen-bond donors (Lipinski definition) is 1. The number of H-pyrrole nitrogens is 1. The van der Waals surface area contributed by atoms with Crippen molar-refractivity contribution in [1.82, 2.24) is 4.98 Å². The second-order valence-corrected chi connectivity index (χ2v) is 1.38. The Bertz CT molecular complexity index is 183. The maximum atomic E-state index is 7.59. The number of hydrogen-bond acceptors (Lipinski definition) is 2. The molecule has 0 aromatic carbocycles. The molecule has 0 amide bonds. The summed E-state index contributed by atoms with van der Waals surface area (Å²) in [5.41, 5.74) is 0. The lowest BCUT2D eigenvalue weighted by atomic mass is 10.5. The van der Waals surface area contributed by atoms with Crippen molar-refractivity contribution >= 4 is 0 Å². The zero-order valence-electron chi connectivity index (χ0n) is 5.41. The number of nitrogens with zero attached hydrogens (tertiary/aromatic N) is 2. The highest BCUT2D eigenvalue weighted by Gasteiger charge is 1.61. The van der Waals surface area contributed by atoms with Crippen molar-refractivity contribution in [2.45, 2.75) is 6.42 Å². The predicted molar refractivity (Wildman–Crippen MR) is 36.6 cm³/mol. The summed E-state index contributed by atoms with van der Waals surface area (Å²) in [4.78, 5) is 2.86. The monoisotopic (exact) mass is 133 g/mol. The van der Waals surface area contributed by atoms with Crippen LogP contribution in [-0.4, -0.2) is 4.98 Å². The highest BCUT2D eigenvalue weighted by Crippen LogP contribution is 1.72. The highest BCUT2D eigenvalue weighted by molar-refractivity contribution is 4.85. The van der Waals surface area contributed by atoms with Gasteiger partial charge in [-0.1, -0.05) is 0 Å². The average Bonchev–Trinajstić information content (AvgIpc) is 2.44. The third kappa shape index (κ3) is 6.26. The summed E-state index contributed by atoms with van der Waals surface area (Å²) in [6.07, 6.45) is 3.75. The molecular weight excluding hydrogens is 126 g/mol. The third-order valence-corrected chi connectivity index (χ3v) is 0.654. The summed E-state index contributed by atoms with van der Waals surface area (Å²) in [5, 5.41) is 15.2. The normalized spacial score (nSPS) is 6.20. The fraction of sp³-hybridized carbons (Fsp3) is 0.143. The van der Waals surface area contributed by atoms with E-state index in [-0.39, 0.29) is 6.42 Å². The van der Waals surface area contributed by atoms with Crippen LogP contribution in [-0.2, 0) is 0 Å². The van der Waals surface area contributed by atoms with Gasteiger partial charge in [0.2, 0.25) is 0 Å². The molecule has 0 saturated carbocycles. The molecule has 1 heterocycles. The first kappa shape index (κ1) is 8.26. The zero-order valence-corrected chi connectivity index (χ0v) is 5.41. The Kier molecular flexibility index (Phi) is 6.00. The molecule has 1 aromatic rings. The van der Waals surface area contributed by atoms with Crippen LogP contribution in [0.4, 0.5) is 0 Å². The predicted octanol–water partition coefficient (Wildman–Crippen LogP) is 1.44. The molecule has 0 spiro atoms. The van der Waals surface area contributed by atoms with E-state index in [2.05, 4.69) is 4.98 Å².